The summed E-state index contributed by atoms with van der Waals surface area (Å²) in [5, 5.41) is 0. The molecular weight excluding hydrogens is 242 g/mol. The molecule has 1 aromatic carbocycles. The summed E-state index contributed by atoms with van der Waals surface area (Å²) in [6.07, 6.45) is 0. The summed E-state index contributed by atoms with van der Waals surface area (Å²) in [4.78, 5) is 6.72. The Morgan fingerprint density at radius 2 is 2.21 bits per heavy atom. The molecule has 1 aromatic heterocycles. The van der Waals surface area contributed by atoms with Crippen LogP contribution in [0.25, 0.3) is 11.1 Å². The molecule has 0 saturated heterocycles. The average molecular weight is 263 g/mol. The maximum Gasteiger partial charge on any atom is 0.209 e. The van der Waals surface area contributed by atoms with E-state index >= 15 is 0 Å². The summed E-state index contributed by atoms with van der Waals surface area (Å²) in [5.41, 5.74) is 8.02. The number of nitrogens with two attached hydrogens (primary N) is 1. The van der Waals surface area contributed by atoms with E-state index < -0.39 is 0 Å². The van der Waals surface area contributed by atoms with Crippen molar-refractivity contribution in [2.24, 2.45) is 0 Å². The largest absolute Gasteiger partial charge is 0.439 e. The van der Waals surface area contributed by atoms with E-state index in [1.54, 1.807) is 7.11 Å². The van der Waals surface area contributed by atoms with E-state index in [9.17, 15) is 0 Å². The third-order valence-electron chi connectivity index (χ3n) is 3.15. The molecule has 104 valence electrons. The van der Waals surface area contributed by atoms with E-state index in [1.165, 1.54) is 0 Å². The van der Waals surface area contributed by atoms with Crippen molar-refractivity contribution in [1.82, 2.24) is 9.88 Å². The first kappa shape index (κ1) is 13.8. The summed E-state index contributed by atoms with van der Waals surface area (Å²) in [7, 11) is 1.71. The molecule has 0 radical (unpaired) electrons. The Kier molecular flexibility index (Phi) is 4.39. The Bertz CT molecular complexity index is 536. The molecule has 5 heteroatoms. The van der Waals surface area contributed by atoms with Crippen LogP contribution in [0, 0.1) is 0 Å². The van der Waals surface area contributed by atoms with Crippen molar-refractivity contribution in [2.45, 2.75) is 26.4 Å². The standard InChI is InChI=1S/C14H21N3O2/c1-10(2)17(7-8-18-3)9-13-16-14-11(15)5-4-6-12(14)19-13/h4-6,10H,7-9,15H2,1-3H3. The molecule has 0 unspecified atom stereocenters. The summed E-state index contributed by atoms with van der Waals surface area (Å²) >= 11 is 0. The smallest absolute Gasteiger partial charge is 0.209 e. The van der Waals surface area contributed by atoms with Crippen molar-refractivity contribution in [2.75, 3.05) is 26.0 Å². The van der Waals surface area contributed by atoms with Crippen LogP contribution in [0.1, 0.15) is 19.7 Å². The molecule has 19 heavy (non-hydrogen) atoms. The van der Waals surface area contributed by atoms with Gasteiger partial charge in [0.15, 0.2) is 5.58 Å². The number of anilines is 1. The number of fused-ring (bicyclic) bond motifs is 1. The molecule has 0 bridgehead atoms. The fourth-order valence-corrected chi connectivity index (χ4v) is 1.99. The number of para-hydroxylation sites is 1. The van der Waals surface area contributed by atoms with E-state index in [2.05, 4.69) is 23.7 Å². The number of rotatable bonds is 6. The third kappa shape index (κ3) is 3.24. The van der Waals surface area contributed by atoms with Gasteiger partial charge < -0.3 is 14.9 Å². The lowest BCUT2D eigenvalue weighted by atomic mass is 10.3. The van der Waals surface area contributed by atoms with Crippen molar-refractivity contribution in [3.8, 4) is 0 Å². The number of nitrogens with zero attached hydrogens (tertiary/aromatic N) is 2. The second-order valence-corrected chi connectivity index (χ2v) is 4.86. The van der Waals surface area contributed by atoms with Crippen molar-refractivity contribution in [1.29, 1.82) is 0 Å². The molecule has 0 saturated carbocycles. The molecule has 5 nitrogen and oxygen atoms in total. The van der Waals surface area contributed by atoms with Gasteiger partial charge in [0.2, 0.25) is 5.89 Å². The first-order valence-corrected chi connectivity index (χ1v) is 6.48. The second-order valence-electron chi connectivity index (χ2n) is 4.86. The van der Waals surface area contributed by atoms with Gasteiger partial charge in [-0.05, 0) is 26.0 Å². The molecule has 2 aromatic rings. The van der Waals surface area contributed by atoms with Gasteiger partial charge in [0, 0.05) is 19.7 Å². The topological polar surface area (TPSA) is 64.5 Å². The molecule has 0 atom stereocenters. The minimum absolute atomic E-state index is 0.405. The highest BCUT2D eigenvalue weighted by Gasteiger charge is 2.14. The molecule has 2 N–H and O–H groups in total. The van der Waals surface area contributed by atoms with E-state index in [0.717, 1.165) is 17.6 Å². The van der Waals surface area contributed by atoms with Crippen LogP contribution in [0.15, 0.2) is 22.6 Å². The van der Waals surface area contributed by atoms with Gasteiger partial charge in [-0.1, -0.05) is 6.07 Å². The second kappa shape index (κ2) is 6.04. The quantitative estimate of drug-likeness (QED) is 0.810. The van der Waals surface area contributed by atoms with Crippen molar-refractivity contribution >= 4 is 16.8 Å². The Balaban J connectivity index is 2.17. The van der Waals surface area contributed by atoms with E-state index in [1.807, 2.05) is 18.2 Å². The third-order valence-corrected chi connectivity index (χ3v) is 3.15. The Hall–Kier alpha value is -1.59. The zero-order valence-corrected chi connectivity index (χ0v) is 11.7. The molecular formula is C14H21N3O2. The zero-order chi connectivity index (χ0) is 13.8. The number of benzene rings is 1. The molecule has 0 fully saturated rings. The minimum Gasteiger partial charge on any atom is -0.439 e. The predicted octanol–water partition coefficient (Wildman–Crippen LogP) is 2.27. The van der Waals surface area contributed by atoms with Crippen molar-refractivity contribution < 1.29 is 9.15 Å². The number of ether oxygens (including phenoxy) is 1. The summed E-state index contributed by atoms with van der Waals surface area (Å²) in [5.74, 6) is 0.692. The van der Waals surface area contributed by atoms with E-state index in [0.29, 0.717) is 30.8 Å². The maximum absolute atomic E-state index is 5.88. The lowest BCUT2D eigenvalue weighted by Crippen LogP contribution is -2.33. The fourth-order valence-electron chi connectivity index (χ4n) is 1.99. The number of aromatic nitrogens is 1. The molecule has 1 heterocycles. The molecule has 2 rings (SSSR count). The Morgan fingerprint density at radius 1 is 1.42 bits per heavy atom. The van der Waals surface area contributed by atoms with Gasteiger partial charge in [-0.2, -0.15) is 0 Å². The van der Waals surface area contributed by atoms with Gasteiger partial charge in [-0.15, -0.1) is 0 Å². The number of oxazole rings is 1. The fraction of sp³-hybridized carbons (Fsp3) is 0.500. The molecule has 0 amide bonds. The van der Waals surface area contributed by atoms with Crippen molar-refractivity contribution in [3.05, 3.63) is 24.1 Å². The van der Waals surface area contributed by atoms with Gasteiger partial charge in [-0.25, -0.2) is 4.98 Å². The number of nitrogen functional groups attached to an aromatic ring is 1. The lowest BCUT2D eigenvalue weighted by Gasteiger charge is -2.24. The predicted molar refractivity (Wildman–Crippen MR) is 75.8 cm³/mol. The first-order chi connectivity index (χ1) is 9.11. The highest BCUT2D eigenvalue weighted by Crippen LogP contribution is 2.22. The minimum atomic E-state index is 0.405. The van der Waals surface area contributed by atoms with Gasteiger partial charge >= 0.3 is 0 Å². The average Bonchev–Trinajstić information content (AvgIpc) is 2.78. The van der Waals surface area contributed by atoms with Crippen LogP contribution < -0.4 is 5.73 Å². The van der Waals surface area contributed by atoms with Crippen LogP contribution in [-0.2, 0) is 11.3 Å². The highest BCUT2D eigenvalue weighted by atomic mass is 16.5. The first-order valence-electron chi connectivity index (χ1n) is 6.48. The summed E-state index contributed by atoms with van der Waals surface area (Å²) in [6.45, 7) is 6.50. The van der Waals surface area contributed by atoms with Crippen LogP contribution in [0.2, 0.25) is 0 Å². The van der Waals surface area contributed by atoms with Gasteiger partial charge in [0.25, 0.3) is 0 Å². The van der Waals surface area contributed by atoms with Crippen LogP contribution in [-0.4, -0.2) is 36.2 Å². The highest BCUT2D eigenvalue weighted by molar-refractivity contribution is 5.85. The molecule has 0 aliphatic carbocycles. The Labute approximate surface area is 113 Å². The maximum atomic E-state index is 5.88. The van der Waals surface area contributed by atoms with Crippen LogP contribution in [0.5, 0.6) is 0 Å². The number of hydrogen-bond donors (Lipinski definition) is 1. The van der Waals surface area contributed by atoms with Gasteiger partial charge in [-0.3, -0.25) is 4.90 Å². The summed E-state index contributed by atoms with van der Waals surface area (Å²) in [6, 6.07) is 6.00. The van der Waals surface area contributed by atoms with Gasteiger partial charge in [0.1, 0.15) is 5.52 Å². The SMILES string of the molecule is COCCN(Cc1nc2c(N)cccc2o1)C(C)C. The molecule has 0 aliphatic heterocycles. The summed E-state index contributed by atoms with van der Waals surface area (Å²) < 4.78 is 10.9. The normalized spacial score (nSPS) is 11.8. The Morgan fingerprint density at radius 3 is 2.84 bits per heavy atom. The van der Waals surface area contributed by atoms with Crippen LogP contribution in [0.4, 0.5) is 5.69 Å². The van der Waals surface area contributed by atoms with Gasteiger partial charge in [0.05, 0.1) is 18.8 Å². The van der Waals surface area contributed by atoms with Crippen molar-refractivity contribution in [3.63, 3.8) is 0 Å². The molecule has 0 aliphatic rings. The number of methoxy groups -OCH3 is 1. The van der Waals surface area contributed by atoms with E-state index in [-0.39, 0.29) is 0 Å². The number of hydrogen-bond acceptors (Lipinski definition) is 5. The molecule has 0 spiro atoms. The van der Waals surface area contributed by atoms with Crippen LogP contribution in [0.3, 0.4) is 0 Å². The lowest BCUT2D eigenvalue weighted by molar-refractivity contribution is 0.118. The zero-order valence-electron chi connectivity index (χ0n) is 11.7. The van der Waals surface area contributed by atoms with E-state index in [4.69, 9.17) is 14.9 Å². The monoisotopic (exact) mass is 263 g/mol. The van der Waals surface area contributed by atoms with Crippen LogP contribution >= 0.6 is 0 Å².